The Morgan fingerprint density at radius 3 is 0.982 bits per heavy atom. The van der Waals surface area contributed by atoms with Crippen LogP contribution in [0.2, 0.25) is 0 Å². The summed E-state index contributed by atoms with van der Waals surface area (Å²) in [5.74, 6) is 0. The summed E-state index contributed by atoms with van der Waals surface area (Å²) in [7, 11) is -6.19. The first-order chi connectivity index (χ1) is 54.3. The molecule has 14 aromatic carbocycles. The van der Waals surface area contributed by atoms with E-state index in [9.17, 15) is 0 Å². The highest BCUT2D eigenvalue weighted by Gasteiger charge is 2.48. The number of fused-ring (bicyclic) bond motifs is 7. The number of nitrogens with zero attached hydrogens (tertiary/aromatic N) is 3. The van der Waals surface area contributed by atoms with Crippen LogP contribution in [0.25, 0.3) is 38.6 Å². The maximum Gasteiger partial charge on any atom is 0.252 e. The van der Waals surface area contributed by atoms with Crippen molar-refractivity contribution in [3.63, 3.8) is 0 Å². The van der Waals surface area contributed by atoms with Crippen molar-refractivity contribution in [2.45, 2.75) is 157 Å². The van der Waals surface area contributed by atoms with Gasteiger partial charge in [-0.05, 0) is 208 Å². The van der Waals surface area contributed by atoms with Gasteiger partial charge >= 0.3 is 0 Å². The van der Waals surface area contributed by atoms with Crippen LogP contribution in [0.4, 0.5) is 34.1 Å². The molecule has 0 saturated heterocycles. The summed E-state index contributed by atoms with van der Waals surface area (Å²) >= 11 is 0. The average molecular weight is 1520 g/mol. The van der Waals surface area contributed by atoms with Crippen molar-refractivity contribution in [3.8, 4) is 16.8 Å². The van der Waals surface area contributed by atoms with Crippen LogP contribution in [0.3, 0.4) is 0 Å². The van der Waals surface area contributed by atoms with Gasteiger partial charge in [-0.15, -0.1) is 0 Å². The predicted octanol–water partition coefficient (Wildman–Crippen LogP) is 21.1. The minimum Gasteiger partial charge on any atom is -0.311 e. The zero-order valence-electron chi connectivity index (χ0n) is 70.1. The molecule has 1 aromatic heterocycles. The third kappa shape index (κ3) is 13.0. The summed E-state index contributed by atoms with van der Waals surface area (Å²) in [5, 5.41) is 13.2. The Morgan fingerprint density at radius 2 is 0.561 bits per heavy atom. The quantitative estimate of drug-likeness (QED) is 0.0892. The maximum absolute atomic E-state index is 3.14. The Labute approximate surface area is 681 Å². The molecule has 0 radical (unpaired) electrons. The van der Waals surface area contributed by atoms with Crippen LogP contribution in [0.15, 0.2) is 328 Å². The van der Waals surface area contributed by atoms with Crippen molar-refractivity contribution in [1.29, 1.82) is 0 Å². The number of aromatic nitrogens is 1. The van der Waals surface area contributed by atoms with Gasteiger partial charge in [-0.1, -0.05) is 379 Å². The fourth-order valence-electron chi connectivity index (χ4n) is 18.6. The first-order valence-electron chi connectivity index (χ1n) is 41.2. The van der Waals surface area contributed by atoms with Crippen molar-refractivity contribution in [3.05, 3.63) is 361 Å². The van der Waals surface area contributed by atoms with E-state index in [1.807, 2.05) is 0 Å². The fraction of sp³-hybridized carbons (Fsp3) is 0.222. The Kier molecular flexibility index (Phi) is 18.5. The highest BCUT2D eigenvalue weighted by Crippen LogP contribution is 2.49. The Hall–Kier alpha value is -11.0. The summed E-state index contributed by atoms with van der Waals surface area (Å²) in [6.07, 6.45) is 0. The molecule has 2 aliphatic heterocycles. The summed E-state index contributed by atoms with van der Waals surface area (Å²) in [6, 6.07) is 129. The van der Waals surface area contributed by atoms with Crippen molar-refractivity contribution >= 4 is 137 Å². The molecule has 3 nitrogen and oxygen atoms in total. The number of benzene rings is 14. The normalized spacial score (nSPS) is 13.5. The van der Waals surface area contributed by atoms with Gasteiger partial charge in [0.05, 0.1) is 16.7 Å². The van der Waals surface area contributed by atoms with Crippen LogP contribution in [-0.4, -0.2) is 27.4 Å². The Balaban J connectivity index is 1.000. The van der Waals surface area contributed by atoms with Gasteiger partial charge in [-0.2, -0.15) is 0 Å². The van der Waals surface area contributed by atoms with E-state index in [2.05, 4.69) is 467 Å². The molecule has 0 spiro atoms. The number of rotatable bonds is 12. The lowest BCUT2D eigenvalue weighted by Crippen LogP contribution is -2.74. The van der Waals surface area contributed by atoms with Crippen LogP contribution < -0.4 is 67.7 Å². The predicted molar refractivity (Wildman–Crippen MR) is 500 cm³/mol. The van der Waals surface area contributed by atoms with E-state index < -0.39 is 16.1 Å². The lowest BCUT2D eigenvalue weighted by molar-refractivity contribution is 0.590. The van der Waals surface area contributed by atoms with Crippen LogP contribution in [0, 0.1) is 0 Å². The minimum absolute atomic E-state index is 0.00333. The van der Waals surface area contributed by atoms with Crippen LogP contribution in [0.5, 0.6) is 0 Å². The Bertz CT molecular complexity index is 5970. The third-order valence-corrected chi connectivity index (χ3v) is 34.6. The van der Waals surface area contributed by atoms with Gasteiger partial charge in [0.15, 0.2) is 16.1 Å². The molecule has 15 aromatic rings. The van der Waals surface area contributed by atoms with Crippen LogP contribution in [-0.2, 0) is 32.5 Å². The molecule has 114 heavy (non-hydrogen) atoms. The van der Waals surface area contributed by atoms with Gasteiger partial charge in [0, 0.05) is 44.9 Å². The standard InChI is InChI=1S/C108H108BN3Si2/c1-103(2,3)75-45-42-73(43-46-75)74-44-62-94-99(66-74)110(81-54-60-90(61-55-81)113(84-33-23-19-24-34-84,85-35-25-20-26-36-85)88-56-47-76(48-57-88)104(4,5)6)100-71-83(112-96-63-51-78(106(10,11)12)67-92(96)93-68-79(107(13,14)15)52-64-97(93)112)72-101-102(100)109(94)95-69-80(108(16,17)18)53-65-98(95)111(101)82-32-31-41-91(70-82)114(86-37-27-21-28-38-86,87-39-29-22-30-40-87)89-58-49-77(50-59-89)105(7,8)9/h19-72H,1-18H3. The van der Waals surface area contributed by atoms with Crippen molar-refractivity contribution in [2.24, 2.45) is 0 Å². The highest BCUT2D eigenvalue weighted by molar-refractivity contribution is 7.20. The largest absolute Gasteiger partial charge is 0.311 e. The van der Waals surface area contributed by atoms with Gasteiger partial charge in [0.1, 0.15) is 0 Å². The van der Waals surface area contributed by atoms with Crippen molar-refractivity contribution in [2.75, 3.05) is 9.80 Å². The fourth-order valence-corrected chi connectivity index (χ4v) is 28.1. The van der Waals surface area contributed by atoms with E-state index in [0.717, 1.165) is 28.4 Å². The molecular weight excluding hydrogens is 1410 g/mol. The van der Waals surface area contributed by atoms with Gasteiger partial charge in [-0.25, -0.2) is 0 Å². The molecule has 0 amide bonds. The summed E-state index contributed by atoms with van der Waals surface area (Å²) in [6.45, 7) is 41.9. The van der Waals surface area contributed by atoms with E-state index in [0.29, 0.717) is 0 Å². The smallest absolute Gasteiger partial charge is 0.252 e. The molecule has 17 rings (SSSR count). The van der Waals surface area contributed by atoms with E-state index in [4.69, 9.17) is 0 Å². The molecule has 0 aliphatic carbocycles. The zero-order chi connectivity index (χ0) is 79.8. The SMILES string of the molecule is CC(C)(C)c1ccc(-c2ccc3c(c2)N(c2ccc([Si](c4ccccc4)(c4ccccc4)c4ccc(C(C)(C)C)cc4)cc2)c2cc(-n4c5ccc(C(C)(C)C)cc5c5cc(C(C)(C)C)ccc54)cc4c2B3c2cc(C(C)(C)C)ccc2N4c2cccc([Si](c3ccccc3)(c3ccccc3)c3ccc(C(C)(C)C)cc3)c2)cc1. The summed E-state index contributed by atoms with van der Waals surface area (Å²) in [4.78, 5) is 5.37. The first kappa shape index (κ1) is 75.7. The van der Waals surface area contributed by atoms with Crippen molar-refractivity contribution < 1.29 is 0 Å². The molecule has 0 fully saturated rings. The Morgan fingerprint density at radius 1 is 0.219 bits per heavy atom. The number of anilines is 6. The number of hydrogen-bond acceptors (Lipinski definition) is 2. The third-order valence-electron chi connectivity index (χ3n) is 25.0. The second-order valence-electron chi connectivity index (χ2n) is 38.6. The molecule has 0 saturated carbocycles. The van der Waals surface area contributed by atoms with Gasteiger partial charge < -0.3 is 14.4 Å². The van der Waals surface area contributed by atoms with Gasteiger partial charge in [0.2, 0.25) is 0 Å². The molecule has 0 atom stereocenters. The molecule has 0 unspecified atom stereocenters. The van der Waals surface area contributed by atoms with Gasteiger partial charge in [0.25, 0.3) is 6.71 Å². The summed E-state index contributed by atoms with van der Waals surface area (Å²) < 4.78 is 2.61. The molecule has 0 bridgehead atoms. The van der Waals surface area contributed by atoms with Crippen molar-refractivity contribution in [1.82, 2.24) is 4.57 Å². The topological polar surface area (TPSA) is 11.4 Å². The van der Waals surface area contributed by atoms with E-state index in [1.165, 1.54) is 136 Å². The first-order valence-corrected chi connectivity index (χ1v) is 45.2. The summed E-state index contributed by atoms with van der Waals surface area (Å²) in [5.41, 5.74) is 24.1. The second-order valence-corrected chi connectivity index (χ2v) is 46.3. The second kappa shape index (κ2) is 27.9. The lowest BCUT2D eigenvalue weighted by atomic mass is 9.33. The monoisotopic (exact) mass is 1510 g/mol. The van der Waals surface area contributed by atoms with Crippen LogP contribution in [0.1, 0.15) is 158 Å². The molecule has 0 N–H and O–H groups in total. The molecular formula is C108H108BN3Si2. The molecule has 6 heteroatoms. The molecule has 2 aliphatic rings. The number of hydrogen-bond donors (Lipinski definition) is 0. The molecule has 566 valence electrons. The van der Waals surface area contributed by atoms with E-state index >= 15 is 0 Å². The highest BCUT2D eigenvalue weighted by atomic mass is 28.3. The maximum atomic E-state index is 2.69. The molecule has 3 heterocycles. The minimum atomic E-state index is -3.14. The average Bonchev–Trinajstić information content (AvgIpc) is 0.874. The van der Waals surface area contributed by atoms with E-state index in [1.54, 1.807) is 0 Å². The van der Waals surface area contributed by atoms with Crippen LogP contribution >= 0.6 is 0 Å². The van der Waals surface area contributed by atoms with Gasteiger partial charge in [-0.3, -0.25) is 0 Å². The lowest BCUT2D eigenvalue weighted by Gasteiger charge is -2.45. The van der Waals surface area contributed by atoms with E-state index in [-0.39, 0.29) is 39.2 Å². The zero-order valence-corrected chi connectivity index (χ0v) is 72.1.